The summed E-state index contributed by atoms with van der Waals surface area (Å²) in [6, 6.07) is 18.2. The fourth-order valence-electron chi connectivity index (χ4n) is 6.39. The highest BCUT2D eigenvalue weighted by atomic mass is 32.1. The van der Waals surface area contributed by atoms with Crippen molar-refractivity contribution in [2.45, 2.75) is 46.1 Å². The summed E-state index contributed by atoms with van der Waals surface area (Å²) in [6.07, 6.45) is 7.18. The van der Waals surface area contributed by atoms with Gasteiger partial charge in [0.05, 0.1) is 22.4 Å². The number of nitrogens with one attached hydrogen (secondary N) is 1. The largest absolute Gasteiger partial charge is 0.345 e. The Kier molecular flexibility index (Phi) is 5.48. The molecule has 36 heavy (non-hydrogen) atoms. The number of anilines is 1. The first-order valence-electron chi connectivity index (χ1n) is 12.5. The second kappa shape index (κ2) is 8.59. The maximum atomic E-state index is 5.91. The molecule has 1 aromatic carbocycles. The number of fused-ring (bicyclic) bond motifs is 3. The quantitative estimate of drug-likeness (QED) is 0.333. The third-order valence-corrected chi connectivity index (χ3v) is 7.74. The Morgan fingerprint density at radius 2 is 1.56 bits per heavy atom. The first kappa shape index (κ1) is 23.0. The number of aromatic nitrogens is 4. The van der Waals surface area contributed by atoms with Gasteiger partial charge in [-0.2, -0.15) is 0 Å². The van der Waals surface area contributed by atoms with Gasteiger partial charge in [-0.05, 0) is 84.8 Å². The van der Waals surface area contributed by atoms with Gasteiger partial charge in [0.15, 0.2) is 5.11 Å². The summed E-state index contributed by atoms with van der Waals surface area (Å²) in [7, 11) is 0. The number of rotatable bonds is 3. The van der Waals surface area contributed by atoms with Gasteiger partial charge in [0.1, 0.15) is 11.4 Å². The van der Waals surface area contributed by atoms with Crippen LogP contribution in [0.2, 0.25) is 0 Å². The highest BCUT2D eigenvalue weighted by Crippen LogP contribution is 2.52. The van der Waals surface area contributed by atoms with Crippen LogP contribution >= 0.6 is 12.2 Å². The van der Waals surface area contributed by atoms with Crippen molar-refractivity contribution < 1.29 is 0 Å². The van der Waals surface area contributed by atoms with Gasteiger partial charge in [-0.3, -0.25) is 9.97 Å². The molecule has 1 saturated heterocycles. The molecule has 4 aromatic rings. The maximum absolute atomic E-state index is 5.91. The Bertz CT molecular complexity index is 1440. The van der Waals surface area contributed by atoms with Gasteiger partial charge in [-0.15, -0.1) is 0 Å². The molecule has 1 N–H and O–H groups in total. The van der Waals surface area contributed by atoms with Crippen LogP contribution in [-0.2, 0) is 0 Å². The van der Waals surface area contributed by atoms with Gasteiger partial charge in [-0.25, -0.2) is 9.97 Å². The van der Waals surface area contributed by atoms with Crippen LogP contribution in [0, 0.1) is 10.8 Å². The molecule has 2 fully saturated rings. The van der Waals surface area contributed by atoms with Crippen LogP contribution in [-0.4, -0.2) is 42.5 Å². The molecule has 1 aliphatic heterocycles. The topological polar surface area (TPSA) is 66.8 Å². The number of benzene rings is 1. The van der Waals surface area contributed by atoms with Gasteiger partial charge < -0.3 is 10.2 Å². The normalized spacial score (nSPS) is 22.5. The molecule has 2 aliphatic rings. The lowest BCUT2D eigenvalue weighted by molar-refractivity contribution is 0.132. The summed E-state index contributed by atoms with van der Waals surface area (Å²) in [5, 5.41) is 4.30. The van der Waals surface area contributed by atoms with Crippen LogP contribution in [0.5, 0.6) is 0 Å². The molecule has 182 valence electrons. The summed E-state index contributed by atoms with van der Waals surface area (Å²) >= 11 is 5.91. The maximum Gasteiger partial charge on any atom is 0.173 e. The Labute approximate surface area is 217 Å². The van der Waals surface area contributed by atoms with Crippen molar-refractivity contribution in [1.29, 1.82) is 0 Å². The molecule has 1 aliphatic carbocycles. The Morgan fingerprint density at radius 3 is 2.19 bits per heavy atom. The minimum Gasteiger partial charge on any atom is -0.345 e. The van der Waals surface area contributed by atoms with Crippen LogP contribution in [0.15, 0.2) is 67.0 Å². The Hall–Kier alpha value is -3.45. The zero-order chi connectivity index (χ0) is 24.9. The number of pyridine rings is 2. The standard InChI is InChI=1S/C29H30N6S/c1-28(2)15-20-16-29(3,17-28)18-35(20)27(36)32-19-10-11-21-24(14-19)34-26(23-9-5-7-13-31-23)25(33-21)22-8-4-6-12-30-22/h4-14,20H,15-18H2,1-3H3,(H,32,36)/t20-,29+/m0/s1. The molecule has 0 amide bonds. The Balaban J connectivity index is 1.34. The number of likely N-dealkylation sites (tertiary alicyclic amines) is 1. The third-order valence-electron chi connectivity index (χ3n) is 7.41. The smallest absolute Gasteiger partial charge is 0.173 e. The second-order valence-corrected chi connectivity index (χ2v) is 11.7. The fourth-order valence-corrected chi connectivity index (χ4v) is 6.72. The molecule has 2 bridgehead atoms. The van der Waals surface area contributed by atoms with Gasteiger partial charge in [-0.1, -0.05) is 32.9 Å². The molecule has 2 atom stereocenters. The molecule has 0 unspecified atom stereocenters. The molecule has 6 nitrogen and oxygen atoms in total. The van der Waals surface area contributed by atoms with E-state index in [0.717, 1.165) is 45.5 Å². The highest BCUT2D eigenvalue weighted by molar-refractivity contribution is 7.80. The van der Waals surface area contributed by atoms with E-state index in [-0.39, 0.29) is 0 Å². The van der Waals surface area contributed by atoms with Gasteiger partial charge in [0.2, 0.25) is 0 Å². The summed E-state index contributed by atoms with van der Waals surface area (Å²) in [5.74, 6) is 0. The number of hydrogen-bond donors (Lipinski definition) is 1. The van der Waals surface area contributed by atoms with Gasteiger partial charge in [0, 0.05) is 30.7 Å². The van der Waals surface area contributed by atoms with E-state index in [0.29, 0.717) is 22.6 Å². The zero-order valence-corrected chi connectivity index (χ0v) is 21.7. The van der Waals surface area contributed by atoms with E-state index >= 15 is 0 Å². The van der Waals surface area contributed by atoms with E-state index in [9.17, 15) is 0 Å². The molecule has 6 rings (SSSR count). The van der Waals surface area contributed by atoms with Crippen LogP contribution in [0.1, 0.15) is 40.0 Å². The van der Waals surface area contributed by atoms with Crippen molar-refractivity contribution in [3.05, 3.63) is 67.0 Å². The predicted molar refractivity (Wildman–Crippen MR) is 148 cm³/mol. The van der Waals surface area contributed by atoms with E-state index in [2.05, 4.69) is 41.0 Å². The predicted octanol–water partition coefficient (Wildman–Crippen LogP) is 6.35. The molecule has 0 radical (unpaired) electrons. The fraction of sp³-hybridized carbons (Fsp3) is 0.345. The SMILES string of the molecule is CC1(C)C[C@H]2C[C@@](C)(CN2C(=S)Nc2ccc3nc(-c4ccccn4)c(-c4ccccn4)nc3c2)C1. The minimum absolute atomic E-state index is 0.326. The van der Waals surface area contributed by atoms with Crippen molar-refractivity contribution in [3.63, 3.8) is 0 Å². The monoisotopic (exact) mass is 494 g/mol. The second-order valence-electron chi connectivity index (χ2n) is 11.3. The van der Waals surface area contributed by atoms with Crippen molar-refractivity contribution in [2.24, 2.45) is 10.8 Å². The molecule has 4 heterocycles. The van der Waals surface area contributed by atoms with Crippen LogP contribution in [0.3, 0.4) is 0 Å². The van der Waals surface area contributed by atoms with Crippen molar-refractivity contribution >= 4 is 34.1 Å². The molecular weight excluding hydrogens is 464 g/mol. The van der Waals surface area contributed by atoms with Gasteiger partial charge in [0.25, 0.3) is 0 Å². The Morgan fingerprint density at radius 1 is 0.889 bits per heavy atom. The van der Waals surface area contributed by atoms with Crippen molar-refractivity contribution in [2.75, 3.05) is 11.9 Å². The molecule has 1 saturated carbocycles. The summed E-state index contributed by atoms with van der Waals surface area (Å²) in [6.45, 7) is 8.20. The van der Waals surface area contributed by atoms with E-state index in [1.165, 1.54) is 19.3 Å². The van der Waals surface area contributed by atoms with Gasteiger partial charge >= 0.3 is 0 Å². The van der Waals surface area contributed by atoms with E-state index in [1.54, 1.807) is 12.4 Å². The number of nitrogens with zero attached hydrogens (tertiary/aromatic N) is 5. The van der Waals surface area contributed by atoms with E-state index in [1.807, 2.05) is 54.6 Å². The van der Waals surface area contributed by atoms with Crippen molar-refractivity contribution in [1.82, 2.24) is 24.8 Å². The van der Waals surface area contributed by atoms with Crippen LogP contribution in [0.4, 0.5) is 5.69 Å². The summed E-state index contributed by atoms with van der Waals surface area (Å²) in [4.78, 5) is 21.4. The zero-order valence-electron chi connectivity index (χ0n) is 20.9. The van der Waals surface area contributed by atoms with Crippen molar-refractivity contribution in [3.8, 4) is 22.8 Å². The summed E-state index contributed by atoms with van der Waals surface area (Å²) < 4.78 is 0. The number of hydrogen-bond acceptors (Lipinski definition) is 5. The number of thiocarbonyl (C=S) groups is 1. The first-order valence-corrected chi connectivity index (χ1v) is 12.9. The molecule has 3 aromatic heterocycles. The average Bonchev–Trinajstić information content (AvgIpc) is 3.13. The highest BCUT2D eigenvalue weighted by Gasteiger charge is 2.50. The third kappa shape index (κ3) is 4.32. The van der Waals surface area contributed by atoms with Crippen LogP contribution in [0.25, 0.3) is 33.8 Å². The molecule has 7 heteroatoms. The molecular formula is C29H30N6S. The minimum atomic E-state index is 0.326. The first-order chi connectivity index (χ1) is 17.3. The summed E-state index contributed by atoms with van der Waals surface area (Å²) in [5.41, 5.74) is 6.16. The lowest BCUT2D eigenvalue weighted by Gasteiger charge is -2.39. The lowest BCUT2D eigenvalue weighted by atomic mass is 9.65. The van der Waals surface area contributed by atoms with E-state index < -0.39 is 0 Å². The lowest BCUT2D eigenvalue weighted by Crippen LogP contribution is -2.39. The van der Waals surface area contributed by atoms with E-state index in [4.69, 9.17) is 22.2 Å². The van der Waals surface area contributed by atoms with Crippen LogP contribution < -0.4 is 5.32 Å². The molecule has 0 spiro atoms. The average molecular weight is 495 g/mol.